The Morgan fingerprint density at radius 3 is 2.54 bits per heavy atom. The molecule has 2 rings (SSSR count). The number of amides is 2. The number of carbonyl (C=O) groups excluding carboxylic acids is 2. The second-order valence-corrected chi connectivity index (χ2v) is 6.17. The number of nitrogen functional groups attached to an aromatic ring is 1. The summed E-state index contributed by atoms with van der Waals surface area (Å²) in [6.07, 6.45) is 0.677. The number of ether oxygens (including phenoxy) is 1. The van der Waals surface area contributed by atoms with Gasteiger partial charge in [-0.3, -0.25) is 9.59 Å². The summed E-state index contributed by atoms with van der Waals surface area (Å²) in [5.41, 5.74) is 7.63. The Morgan fingerprint density at radius 2 is 1.88 bits per heavy atom. The first kappa shape index (κ1) is 19.3. The molecule has 0 fully saturated rings. The molecular formula is C20H25N3O3. The van der Waals surface area contributed by atoms with Crippen molar-refractivity contribution in [3.63, 3.8) is 0 Å². The minimum absolute atomic E-state index is 0.0520. The Hall–Kier alpha value is -3.02. The first-order valence-corrected chi connectivity index (χ1v) is 8.50. The highest BCUT2D eigenvalue weighted by molar-refractivity contribution is 5.95. The second kappa shape index (κ2) is 8.89. The minimum Gasteiger partial charge on any atom is -0.483 e. The van der Waals surface area contributed by atoms with Crippen LogP contribution in [0.5, 0.6) is 5.75 Å². The van der Waals surface area contributed by atoms with E-state index in [9.17, 15) is 9.59 Å². The zero-order chi connectivity index (χ0) is 19.1. The summed E-state index contributed by atoms with van der Waals surface area (Å²) in [5, 5.41) is 3.01. The Morgan fingerprint density at radius 1 is 1.15 bits per heavy atom. The van der Waals surface area contributed by atoms with E-state index in [4.69, 9.17) is 10.5 Å². The summed E-state index contributed by atoms with van der Waals surface area (Å²) in [4.78, 5) is 25.8. The van der Waals surface area contributed by atoms with Crippen LogP contribution in [0.15, 0.2) is 48.5 Å². The molecule has 0 radical (unpaired) electrons. The van der Waals surface area contributed by atoms with Crippen LogP contribution >= 0.6 is 0 Å². The molecule has 1 unspecified atom stereocenters. The lowest BCUT2D eigenvalue weighted by atomic mass is 10.0. The SMILES string of the molecule is CCC(NC(=O)c1cccc(N)c1)c1ccccc1OCC(=O)N(C)C. The number of nitrogens with two attached hydrogens (primary N) is 1. The van der Waals surface area contributed by atoms with Crippen LogP contribution in [0.4, 0.5) is 5.69 Å². The van der Waals surface area contributed by atoms with Crippen LogP contribution in [-0.2, 0) is 4.79 Å². The van der Waals surface area contributed by atoms with E-state index in [1.807, 2.05) is 25.1 Å². The average Bonchev–Trinajstić information content (AvgIpc) is 2.64. The number of para-hydroxylation sites is 1. The van der Waals surface area contributed by atoms with Gasteiger partial charge in [-0.25, -0.2) is 0 Å². The van der Waals surface area contributed by atoms with Crippen LogP contribution < -0.4 is 15.8 Å². The number of hydrogen-bond donors (Lipinski definition) is 2. The van der Waals surface area contributed by atoms with Crippen LogP contribution in [-0.4, -0.2) is 37.4 Å². The zero-order valence-electron chi connectivity index (χ0n) is 15.4. The van der Waals surface area contributed by atoms with Crippen molar-refractivity contribution >= 4 is 17.5 Å². The average molecular weight is 355 g/mol. The maximum Gasteiger partial charge on any atom is 0.259 e. The standard InChI is InChI=1S/C20H25N3O3/c1-4-17(22-20(25)14-8-7-9-15(21)12-14)16-10-5-6-11-18(16)26-13-19(24)23(2)3/h5-12,17H,4,13,21H2,1-3H3,(H,22,25). The molecule has 0 aromatic heterocycles. The molecule has 0 bridgehead atoms. The highest BCUT2D eigenvalue weighted by Crippen LogP contribution is 2.27. The van der Waals surface area contributed by atoms with Crippen molar-refractivity contribution in [2.24, 2.45) is 0 Å². The quantitative estimate of drug-likeness (QED) is 0.748. The van der Waals surface area contributed by atoms with E-state index in [-0.39, 0.29) is 24.5 Å². The third-order valence-corrected chi connectivity index (χ3v) is 4.01. The maximum atomic E-state index is 12.5. The first-order chi connectivity index (χ1) is 12.4. The van der Waals surface area contributed by atoms with Gasteiger partial charge < -0.3 is 20.7 Å². The van der Waals surface area contributed by atoms with Crippen LogP contribution in [0.1, 0.15) is 35.3 Å². The van der Waals surface area contributed by atoms with Crippen molar-refractivity contribution in [2.45, 2.75) is 19.4 Å². The predicted molar refractivity (Wildman–Crippen MR) is 102 cm³/mol. The number of hydrogen-bond acceptors (Lipinski definition) is 4. The van der Waals surface area contributed by atoms with Gasteiger partial charge in [0.1, 0.15) is 5.75 Å². The maximum absolute atomic E-state index is 12.5. The van der Waals surface area contributed by atoms with E-state index in [2.05, 4.69) is 5.32 Å². The summed E-state index contributed by atoms with van der Waals surface area (Å²) >= 11 is 0. The molecule has 0 spiro atoms. The Kier molecular flexibility index (Phi) is 6.60. The summed E-state index contributed by atoms with van der Waals surface area (Å²) in [7, 11) is 3.36. The normalized spacial score (nSPS) is 11.5. The van der Waals surface area contributed by atoms with E-state index in [1.165, 1.54) is 4.90 Å². The molecule has 2 aromatic carbocycles. The monoisotopic (exact) mass is 355 g/mol. The molecule has 0 saturated heterocycles. The van der Waals surface area contributed by atoms with Gasteiger partial charge in [-0.15, -0.1) is 0 Å². The second-order valence-electron chi connectivity index (χ2n) is 6.17. The summed E-state index contributed by atoms with van der Waals surface area (Å²) in [5.74, 6) is 0.252. The van der Waals surface area contributed by atoms with E-state index in [0.29, 0.717) is 23.4 Å². The van der Waals surface area contributed by atoms with Crippen LogP contribution in [0, 0.1) is 0 Å². The topological polar surface area (TPSA) is 84.7 Å². The van der Waals surface area contributed by atoms with E-state index < -0.39 is 0 Å². The molecule has 0 aliphatic carbocycles. The van der Waals surface area contributed by atoms with Crippen molar-refractivity contribution < 1.29 is 14.3 Å². The molecular weight excluding hydrogens is 330 g/mol. The van der Waals surface area contributed by atoms with Gasteiger partial charge >= 0.3 is 0 Å². The van der Waals surface area contributed by atoms with E-state index >= 15 is 0 Å². The predicted octanol–water partition coefficient (Wildman–Crippen LogP) is 2.62. The van der Waals surface area contributed by atoms with Gasteiger partial charge in [0, 0.05) is 30.9 Å². The molecule has 138 valence electrons. The number of rotatable bonds is 7. The number of likely N-dealkylation sites (N-methyl/N-ethyl adjacent to an activating group) is 1. The Labute approximate surface area is 153 Å². The minimum atomic E-state index is -0.241. The molecule has 1 atom stereocenters. The molecule has 6 nitrogen and oxygen atoms in total. The van der Waals surface area contributed by atoms with E-state index in [0.717, 1.165) is 5.56 Å². The van der Waals surface area contributed by atoms with Crippen LogP contribution in [0.3, 0.4) is 0 Å². The fourth-order valence-electron chi connectivity index (χ4n) is 2.49. The third kappa shape index (κ3) is 4.99. The smallest absolute Gasteiger partial charge is 0.259 e. The number of nitrogens with one attached hydrogen (secondary N) is 1. The molecule has 26 heavy (non-hydrogen) atoms. The molecule has 3 N–H and O–H groups in total. The van der Waals surface area contributed by atoms with Gasteiger partial charge in [-0.1, -0.05) is 31.2 Å². The largest absolute Gasteiger partial charge is 0.483 e. The first-order valence-electron chi connectivity index (χ1n) is 8.50. The van der Waals surface area contributed by atoms with Gasteiger partial charge in [0.05, 0.1) is 6.04 Å². The molecule has 0 aliphatic rings. The van der Waals surface area contributed by atoms with Crippen LogP contribution in [0.2, 0.25) is 0 Å². The molecule has 0 saturated carbocycles. The molecule has 0 heterocycles. The van der Waals surface area contributed by atoms with Crippen molar-refractivity contribution in [1.82, 2.24) is 10.2 Å². The molecule has 2 amide bonds. The van der Waals surface area contributed by atoms with Crippen molar-refractivity contribution in [3.8, 4) is 5.75 Å². The lowest BCUT2D eigenvalue weighted by Crippen LogP contribution is -2.30. The Balaban J connectivity index is 2.16. The van der Waals surface area contributed by atoms with Crippen LogP contribution in [0.25, 0.3) is 0 Å². The fourth-order valence-corrected chi connectivity index (χ4v) is 2.49. The lowest BCUT2D eigenvalue weighted by Gasteiger charge is -2.21. The number of carbonyl (C=O) groups is 2. The van der Waals surface area contributed by atoms with Crippen molar-refractivity contribution in [2.75, 3.05) is 26.4 Å². The Bertz CT molecular complexity index is 774. The highest BCUT2D eigenvalue weighted by atomic mass is 16.5. The van der Waals surface area contributed by atoms with Gasteiger partial charge in [-0.05, 0) is 30.7 Å². The third-order valence-electron chi connectivity index (χ3n) is 4.01. The van der Waals surface area contributed by atoms with Gasteiger partial charge in [-0.2, -0.15) is 0 Å². The van der Waals surface area contributed by atoms with Crippen molar-refractivity contribution in [3.05, 3.63) is 59.7 Å². The van der Waals surface area contributed by atoms with Gasteiger partial charge in [0.15, 0.2) is 6.61 Å². The molecule has 6 heteroatoms. The van der Waals surface area contributed by atoms with Gasteiger partial charge in [0.25, 0.3) is 11.8 Å². The highest BCUT2D eigenvalue weighted by Gasteiger charge is 2.18. The summed E-state index contributed by atoms with van der Waals surface area (Å²) in [6.45, 7) is 1.93. The lowest BCUT2D eigenvalue weighted by molar-refractivity contribution is -0.130. The number of benzene rings is 2. The molecule has 0 aliphatic heterocycles. The van der Waals surface area contributed by atoms with E-state index in [1.54, 1.807) is 44.4 Å². The zero-order valence-corrected chi connectivity index (χ0v) is 15.4. The summed E-state index contributed by atoms with van der Waals surface area (Å²) in [6, 6.07) is 14.0. The summed E-state index contributed by atoms with van der Waals surface area (Å²) < 4.78 is 5.69. The molecule has 2 aromatic rings. The number of anilines is 1. The fraction of sp³-hybridized carbons (Fsp3) is 0.300. The van der Waals surface area contributed by atoms with Crippen molar-refractivity contribution in [1.29, 1.82) is 0 Å². The van der Waals surface area contributed by atoms with Gasteiger partial charge in [0.2, 0.25) is 0 Å². The number of nitrogens with zero attached hydrogens (tertiary/aromatic N) is 1.